The quantitative estimate of drug-likeness (QED) is 0.862. The minimum atomic E-state index is -0.615. The Bertz CT molecular complexity index is 792. The molecule has 1 fully saturated rings. The molecule has 0 saturated carbocycles. The van der Waals surface area contributed by atoms with Crippen LogP contribution in [0.5, 0.6) is 5.75 Å². The van der Waals surface area contributed by atoms with Crippen molar-refractivity contribution >= 4 is 17.5 Å². The van der Waals surface area contributed by atoms with E-state index in [1.165, 1.54) is 29.2 Å². The van der Waals surface area contributed by atoms with Crippen LogP contribution in [0.1, 0.15) is 17.3 Å². The smallest absolute Gasteiger partial charge is 0.254 e. The molecule has 2 amide bonds. The third-order valence-electron chi connectivity index (χ3n) is 4.38. The Morgan fingerprint density at radius 1 is 1.12 bits per heavy atom. The molecule has 2 aromatic carbocycles. The first-order chi connectivity index (χ1) is 12.0. The van der Waals surface area contributed by atoms with Crippen LogP contribution < -0.4 is 9.64 Å². The van der Waals surface area contributed by atoms with Crippen LogP contribution in [0.2, 0.25) is 0 Å². The lowest BCUT2D eigenvalue weighted by Crippen LogP contribution is -2.57. The zero-order valence-corrected chi connectivity index (χ0v) is 14.1. The third kappa shape index (κ3) is 3.20. The Morgan fingerprint density at radius 3 is 2.48 bits per heavy atom. The molecular formula is C19H19FN2O3. The number of carbonyl (C=O) groups is 2. The van der Waals surface area contributed by atoms with E-state index in [1.54, 1.807) is 25.0 Å². The second kappa shape index (κ2) is 6.93. The van der Waals surface area contributed by atoms with E-state index >= 15 is 0 Å². The van der Waals surface area contributed by atoms with Crippen LogP contribution in [0.3, 0.4) is 0 Å². The second-order valence-electron chi connectivity index (χ2n) is 5.84. The van der Waals surface area contributed by atoms with Gasteiger partial charge in [0.05, 0.1) is 12.8 Å². The number of para-hydroxylation sites is 2. The molecule has 1 atom stereocenters. The molecule has 0 N–H and O–H groups in total. The van der Waals surface area contributed by atoms with Crippen molar-refractivity contribution in [2.24, 2.45) is 0 Å². The molecule has 0 radical (unpaired) electrons. The third-order valence-corrected chi connectivity index (χ3v) is 4.38. The summed E-state index contributed by atoms with van der Waals surface area (Å²) in [5.41, 5.74) is 1.06. The van der Waals surface area contributed by atoms with E-state index < -0.39 is 11.9 Å². The number of hydrogen-bond donors (Lipinski definition) is 0. The van der Waals surface area contributed by atoms with E-state index in [1.807, 2.05) is 18.2 Å². The molecule has 1 heterocycles. The summed E-state index contributed by atoms with van der Waals surface area (Å²) in [7, 11) is 1.56. The Labute approximate surface area is 145 Å². The fraction of sp³-hybridized carbons (Fsp3) is 0.263. The number of hydrogen-bond acceptors (Lipinski definition) is 3. The van der Waals surface area contributed by atoms with E-state index in [4.69, 9.17) is 4.74 Å². The molecule has 1 aliphatic rings. The highest BCUT2D eigenvalue weighted by Gasteiger charge is 2.36. The van der Waals surface area contributed by atoms with Crippen LogP contribution in [-0.4, -0.2) is 43.0 Å². The maximum atomic E-state index is 13.0. The molecule has 3 rings (SSSR count). The molecule has 6 heteroatoms. The van der Waals surface area contributed by atoms with E-state index in [-0.39, 0.29) is 11.8 Å². The summed E-state index contributed by atoms with van der Waals surface area (Å²) < 4.78 is 18.4. The monoisotopic (exact) mass is 342 g/mol. The van der Waals surface area contributed by atoms with Crippen molar-refractivity contribution in [3.8, 4) is 5.75 Å². The maximum Gasteiger partial charge on any atom is 0.254 e. The van der Waals surface area contributed by atoms with Gasteiger partial charge in [0.2, 0.25) is 5.91 Å². The van der Waals surface area contributed by atoms with Crippen molar-refractivity contribution in [1.82, 2.24) is 4.90 Å². The molecular weight excluding hydrogens is 323 g/mol. The van der Waals surface area contributed by atoms with Crippen molar-refractivity contribution in [2.45, 2.75) is 13.0 Å². The van der Waals surface area contributed by atoms with E-state index in [0.717, 1.165) is 0 Å². The lowest BCUT2D eigenvalue weighted by atomic mass is 10.1. The van der Waals surface area contributed by atoms with Crippen molar-refractivity contribution in [1.29, 1.82) is 0 Å². The van der Waals surface area contributed by atoms with Crippen molar-refractivity contribution in [3.63, 3.8) is 0 Å². The second-order valence-corrected chi connectivity index (χ2v) is 5.84. The lowest BCUT2D eigenvalue weighted by Gasteiger charge is -2.39. The van der Waals surface area contributed by atoms with Crippen LogP contribution in [-0.2, 0) is 4.79 Å². The zero-order chi connectivity index (χ0) is 18.0. The number of nitrogens with zero attached hydrogens (tertiary/aromatic N) is 2. The van der Waals surface area contributed by atoms with Crippen LogP contribution in [0.25, 0.3) is 0 Å². The van der Waals surface area contributed by atoms with Gasteiger partial charge in [-0.2, -0.15) is 0 Å². The lowest BCUT2D eigenvalue weighted by molar-refractivity contribution is -0.124. The summed E-state index contributed by atoms with van der Waals surface area (Å²) >= 11 is 0. The van der Waals surface area contributed by atoms with Gasteiger partial charge in [-0.15, -0.1) is 0 Å². The van der Waals surface area contributed by atoms with Gasteiger partial charge in [0.1, 0.15) is 17.6 Å². The average molecular weight is 342 g/mol. The number of benzene rings is 2. The Kier molecular flexibility index (Phi) is 4.70. The molecule has 5 nitrogen and oxygen atoms in total. The average Bonchev–Trinajstić information content (AvgIpc) is 2.64. The first-order valence-corrected chi connectivity index (χ1v) is 8.04. The minimum Gasteiger partial charge on any atom is -0.495 e. The minimum absolute atomic E-state index is 0.175. The summed E-state index contributed by atoms with van der Waals surface area (Å²) in [6.45, 7) is 2.46. The van der Waals surface area contributed by atoms with Crippen LogP contribution in [0.4, 0.5) is 10.1 Å². The van der Waals surface area contributed by atoms with E-state index in [2.05, 4.69) is 0 Å². The first kappa shape index (κ1) is 17.0. The van der Waals surface area contributed by atoms with Gasteiger partial charge in [0, 0.05) is 18.7 Å². The number of amides is 2. The Balaban J connectivity index is 1.82. The van der Waals surface area contributed by atoms with Gasteiger partial charge in [-0.05, 0) is 43.3 Å². The fourth-order valence-electron chi connectivity index (χ4n) is 3.00. The van der Waals surface area contributed by atoms with Crippen molar-refractivity contribution in [3.05, 3.63) is 59.9 Å². The molecule has 0 bridgehead atoms. The number of rotatable bonds is 3. The number of anilines is 1. The summed E-state index contributed by atoms with van der Waals surface area (Å²) in [4.78, 5) is 28.6. The van der Waals surface area contributed by atoms with E-state index in [9.17, 15) is 14.0 Å². The predicted octanol–water partition coefficient (Wildman–Crippen LogP) is 2.71. The summed E-state index contributed by atoms with van der Waals surface area (Å²) in [6, 6.07) is 12.0. The van der Waals surface area contributed by atoms with E-state index in [0.29, 0.717) is 30.1 Å². The number of ether oxygens (including phenoxy) is 1. The SMILES string of the molecule is COc1ccccc1N1CCN(C(=O)c2ccc(F)cc2)[C@@H](C)C1=O. The molecule has 25 heavy (non-hydrogen) atoms. The number of carbonyl (C=O) groups excluding carboxylic acids is 2. The molecule has 0 aromatic heterocycles. The standard InChI is InChI=1S/C19H19FN2O3/c1-13-18(23)22(16-5-3-4-6-17(16)25-2)12-11-21(13)19(24)14-7-9-15(20)10-8-14/h3-10,13H,11-12H2,1-2H3/t13-/m0/s1. The molecule has 0 aliphatic carbocycles. The highest BCUT2D eigenvalue weighted by Crippen LogP contribution is 2.30. The maximum absolute atomic E-state index is 13.0. The fourth-order valence-corrected chi connectivity index (χ4v) is 3.00. The number of methoxy groups -OCH3 is 1. The Hall–Kier alpha value is -2.89. The molecule has 2 aromatic rings. The van der Waals surface area contributed by atoms with Crippen LogP contribution in [0, 0.1) is 5.82 Å². The highest BCUT2D eigenvalue weighted by molar-refractivity contribution is 6.04. The first-order valence-electron chi connectivity index (χ1n) is 8.04. The van der Waals surface area contributed by atoms with Gasteiger partial charge in [0.25, 0.3) is 5.91 Å². The molecule has 0 unspecified atom stereocenters. The molecule has 1 aliphatic heterocycles. The Morgan fingerprint density at radius 2 is 1.80 bits per heavy atom. The topological polar surface area (TPSA) is 49.9 Å². The summed E-state index contributed by atoms with van der Waals surface area (Å²) in [5, 5.41) is 0. The van der Waals surface area contributed by atoms with Crippen LogP contribution in [0.15, 0.2) is 48.5 Å². The van der Waals surface area contributed by atoms with Crippen molar-refractivity contribution in [2.75, 3.05) is 25.1 Å². The van der Waals surface area contributed by atoms with Gasteiger partial charge < -0.3 is 14.5 Å². The summed E-state index contributed by atoms with van der Waals surface area (Å²) in [5.74, 6) is -0.241. The largest absolute Gasteiger partial charge is 0.495 e. The number of piperazine rings is 1. The van der Waals surface area contributed by atoms with Crippen molar-refractivity contribution < 1.29 is 18.7 Å². The predicted molar refractivity (Wildman–Crippen MR) is 92.2 cm³/mol. The molecule has 1 saturated heterocycles. The highest BCUT2D eigenvalue weighted by atomic mass is 19.1. The van der Waals surface area contributed by atoms with Gasteiger partial charge >= 0.3 is 0 Å². The van der Waals surface area contributed by atoms with Gasteiger partial charge in [-0.25, -0.2) is 4.39 Å². The van der Waals surface area contributed by atoms with Gasteiger partial charge in [0.15, 0.2) is 0 Å². The molecule has 130 valence electrons. The summed E-state index contributed by atoms with van der Waals surface area (Å²) in [6.07, 6.45) is 0. The zero-order valence-electron chi connectivity index (χ0n) is 14.1. The molecule has 0 spiro atoms. The normalized spacial score (nSPS) is 17.6. The van der Waals surface area contributed by atoms with Gasteiger partial charge in [-0.1, -0.05) is 12.1 Å². The van der Waals surface area contributed by atoms with Crippen LogP contribution >= 0.6 is 0 Å². The van der Waals surface area contributed by atoms with Gasteiger partial charge in [-0.3, -0.25) is 9.59 Å². The number of halogens is 1.